The van der Waals surface area contributed by atoms with E-state index in [1.54, 1.807) is 32.2 Å². The number of nitrogen functional groups attached to an aromatic ring is 1. The summed E-state index contributed by atoms with van der Waals surface area (Å²) in [6.07, 6.45) is 0.192. The molecule has 5 heteroatoms. The van der Waals surface area contributed by atoms with Crippen LogP contribution in [0.15, 0.2) is 18.2 Å². The van der Waals surface area contributed by atoms with Crippen LogP contribution in [0, 0.1) is 6.92 Å². The maximum absolute atomic E-state index is 12.1. The summed E-state index contributed by atoms with van der Waals surface area (Å²) >= 11 is 0. The van der Waals surface area contributed by atoms with Crippen LogP contribution in [0.5, 0.6) is 0 Å². The first-order chi connectivity index (χ1) is 8.93. The fourth-order valence-electron chi connectivity index (χ4n) is 1.75. The van der Waals surface area contributed by atoms with Gasteiger partial charge in [0, 0.05) is 24.8 Å². The Morgan fingerprint density at radius 1 is 1.32 bits per heavy atom. The highest BCUT2D eigenvalue weighted by Gasteiger charge is 2.14. The monoisotopic (exact) mass is 264 g/mol. The number of hydrogen-bond acceptors (Lipinski definition) is 4. The molecule has 0 bridgehead atoms. The lowest BCUT2D eigenvalue weighted by Crippen LogP contribution is -2.29. The Balaban J connectivity index is 2.63. The smallest absolute Gasteiger partial charge is 0.307 e. The van der Waals surface area contributed by atoms with Crippen LogP contribution in [-0.2, 0) is 9.53 Å². The molecule has 2 N–H and O–H groups in total. The summed E-state index contributed by atoms with van der Waals surface area (Å²) in [6.45, 7) is 4.31. The van der Waals surface area contributed by atoms with Crippen molar-refractivity contribution in [3.8, 4) is 0 Å². The van der Waals surface area contributed by atoms with Gasteiger partial charge in [-0.1, -0.05) is 0 Å². The number of nitrogens with two attached hydrogens (primary N) is 1. The summed E-state index contributed by atoms with van der Waals surface area (Å²) in [5.41, 5.74) is 7.74. The third-order valence-corrected chi connectivity index (χ3v) is 2.65. The molecular formula is C14H20N2O3. The van der Waals surface area contributed by atoms with Gasteiger partial charge in [0.2, 0.25) is 0 Å². The lowest BCUT2D eigenvalue weighted by molar-refractivity contribution is -0.143. The van der Waals surface area contributed by atoms with Crippen molar-refractivity contribution >= 4 is 17.6 Å². The summed E-state index contributed by atoms with van der Waals surface area (Å²) < 4.78 is 4.82. The van der Waals surface area contributed by atoms with Crippen LogP contribution in [0.25, 0.3) is 0 Å². The zero-order valence-corrected chi connectivity index (χ0v) is 11.6. The molecule has 1 aromatic rings. The van der Waals surface area contributed by atoms with E-state index in [0.29, 0.717) is 24.4 Å². The molecule has 0 atom stereocenters. The Kier molecular flexibility index (Phi) is 5.36. The van der Waals surface area contributed by atoms with Crippen LogP contribution in [0.3, 0.4) is 0 Å². The Morgan fingerprint density at radius 2 is 2.00 bits per heavy atom. The lowest BCUT2D eigenvalue weighted by Gasteiger charge is -2.17. The SMILES string of the molecule is CCOC(=O)CCN(C)C(=O)c1cc(C)cc(N)c1. The molecule has 0 fully saturated rings. The van der Waals surface area contributed by atoms with Crippen LogP contribution >= 0.6 is 0 Å². The van der Waals surface area contributed by atoms with Crippen molar-refractivity contribution in [3.63, 3.8) is 0 Å². The summed E-state index contributed by atoms with van der Waals surface area (Å²) in [5.74, 6) is -0.453. The first kappa shape index (κ1) is 15.0. The molecule has 1 amide bonds. The highest BCUT2D eigenvalue weighted by molar-refractivity contribution is 5.95. The van der Waals surface area contributed by atoms with Gasteiger partial charge in [0.05, 0.1) is 13.0 Å². The van der Waals surface area contributed by atoms with Gasteiger partial charge in [-0.3, -0.25) is 9.59 Å². The number of esters is 1. The van der Waals surface area contributed by atoms with E-state index in [2.05, 4.69) is 0 Å². The van der Waals surface area contributed by atoms with E-state index in [-0.39, 0.29) is 18.3 Å². The molecule has 0 radical (unpaired) electrons. The number of ether oxygens (including phenoxy) is 1. The number of benzene rings is 1. The molecular weight excluding hydrogens is 244 g/mol. The number of nitrogens with zero attached hydrogens (tertiary/aromatic N) is 1. The Morgan fingerprint density at radius 3 is 2.58 bits per heavy atom. The number of hydrogen-bond donors (Lipinski definition) is 1. The topological polar surface area (TPSA) is 72.6 Å². The minimum absolute atomic E-state index is 0.153. The van der Waals surface area contributed by atoms with Crippen molar-refractivity contribution in [1.29, 1.82) is 0 Å². The van der Waals surface area contributed by atoms with Crippen molar-refractivity contribution in [1.82, 2.24) is 4.90 Å². The summed E-state index contributed by atoms with van der Waals surface area (Å²) in [5, 5.41) is 0. The maximum atomic E-state index is 12.1. The molecule has 0 aliphatic carbocycles. The van der Waals surface area contributed by atoms with Crippen LogP contribution in [0.2, 0.25) is 0 Å². The average molecular weight is 264 g/mol. The Hall–Kier alpha value is -2.04. The zero-order chi connectivity index (χ0) is 14.4. The first-order valence-corrected chi connectivity index (χ1v) is 6.22. The van der Waals surface area contributed by atoms with Gasteiger partial charge in [0.15, 0.2) is 0 Å². The molecule has 0 saturated heterocycles. The van der Waals surface area contributed by atoms with Gasteiger partial charge in [0.1, 0.15) is 0 Å². The van der Waals surface area contributed by atoms with E-state index in [1.165, 1.54) is 4.90 Å². The molecule has 0 aromatic heterocycles. The number of anilines is 1. The largest absolute Gasteiger partial charge is 0.466 e. The molecule has 0 aliphatic heterocycles. The number of carbonyl (C=O) groups excluding carboxylic acids is 2. The predicted octanol–water partition coefficient (Wildman–Crippen LogP) is 1.60. The van der Waals surface area contributed by atoms with Crippen LogP contribution < -0.4 is 5.73 Å². The van der Waals surface area contributed by atoms with Gasteiger partial charge in [0.25, 0.3) is 5.91 Å². The van der Waals surface area contributed by atoms with Crippen molar-refractivity contribution in [2.24, 2.45) is 0 Å². The molecule has 0 aliphatic rings. The van der Waals surface area contributed by atoms with Crippen molar-refractivity contribution in [2.45, 2.75) is 20.3 Å². The maximum Gasteiger partial charge on any atom is 0.307 e. The van der Waals surface area contributed by atoms with Crippen molar-refractivity contribution in [3.05, 3.63) is 29.3 Å². The van der Waals surface area contributed by atoms with E-state index < -0.39 is 0 Å². The van der Waals surface area contributed by atoms with Gasteiger partial charge in [-0.05, 0) is 37.6 Å². The molecule has 19 heavy (non-hydrogen) atoms. The summed E-state index contributed by atoms with van der Waals surface area (Å²) in [4.78, 5) is 24.9. The van der Waals surface area contributed by atoms with Crippen LogP contribution in [0.1, 0.15) is 29.3 Å². The zero-order valence-electron chi connectivity index (χ0n) is 11.6. The quantitative estimate of drug-likeness (QED) is 0.647. The van der Waals surface area contributed by atoms with Crippen LogP contribution in [-0.4, -0.2) is 37.0 Å². The third kappa shape index (κ3) is 4.62. The average Bonchev–Trinajstić information content (AvgIpc) is 2.34. The van der Waals surface area contributed by atoms with Gasteiger partial charge in [-0.15, -0.1) is 0 Å². The van der Waals surface area contributed by atoms with Crippen molar-refractivity contribution in [2.75, 3.05) is 25.9 Å². The standard InChI is InChI=1S/C14H20N2O3/c1-4-19-13(17)5-6-16(3)14(18)11-7-10(2)8-12(15)9-11/h7-9H,4-6,15H2,1-3H3. The van der Waals surface area contributed by atoms with E-state index in [4.69, 9.17) is 10.5 Å². The number of rotatable bonds is 5. The highest BCUT2D eigenvalue weighted by Crippen LogP contribution is 2.13. The minimum atomic E-state index is -0.300. The molecule has 0 unspecified atom stereocenters. The van der Waals surface area contributed by atoms with Crippen molar-refractivity contribution < 1.29 is 14.3 Å². The molecule has 0 spiro atoms. The molecule has 0 saturated carbocycles. The third-order valence-electron chi connectivity index (χ3n) is 2.65. The molecule has 104 valence electrons. The Labute approximate surface area is 113 Å². The second kappa shape index (κ2) is 6.78. The normalized spacial score (nSPS) is 10.1. The fourth-order valence-corrected chi connectivity index (χ4v) is 1.75. The summed E-state index contributed by atoms with van der Waals surface area (Å²) in [7, 11) is 1.65. The minimum Gasteiger partial charge on any atom is -0.466 e. The molecule has 1 aromatic carbocycles. The van der Waals surface area contributed by atoms with Gasteiger partial charge in [-0.25, -0.2) is 0 Å². The second-order valence-electron chi connectivity index (χ2n) is 4.41. The van der Waals surface area contributed by atoms with Gasteiger partial charge < -0.3 is 15.4 Å². The fraction of sp³-hybridized carbons (Fsp3) is 0.429. The number of amides is 1. The van der Waals surface area contributed by atoms with E-state index in [9.17, 15) is 9.59 Å². The highest BCUT2D eigenvalue weighted by atomic mass is 16.5. The van der Waals surface area contributed by atoms with Crippen LogP contribution in [0.4, 0.5) is 5.69 Å². The first-order valence-electron chi connectivity index (χ1n) is 6.22. The van der Waals surface area contributed by atoms with E-state index in [1.807, 2.05) is 6.92 Å². The Bertz CT molecular complexity index is 452. The van der Waals surface area contributed by atoms with E-state index >= 15 is 0 Å². The molecule has 1 rings (SSSR count). The lowest BCUT2D eigenvalue weighted by atomic mass is 10.1. The molecule has 5 nitrogen and oxygen atoms in total. The second-order valence-corrected chi connectivity index (χ2v) is 4.41. The van der Waals surface area contributed by atoms with Gasteiger partial charge in [-0.2, -0.15) is 0 Å². The molecule has 0 heterocycles. The number of aryl methyl sites for hydroxylation is 1. The van der Waals surface area contributed by atoms with Gasteiger partial charge >= 0.3 is 5.97 Å². The summed E-state index contributed by atoms with van der Waals surface area (Å²) in [6, 6.07) is 5.21. The number of carbonyl (C=O) groups is 2. The van der Waals surface area contributed by atoms with E-state index in [0.717, 1.165) is 5.56 Å². The predicted molar refractivity (Wildman–Crippen MR) is 73.8 cm³/mol.